The van der Waals surface area contributed by atoms with Crippen LogP contribution in [0.2, 0.25) is 0 Å². The molecule has 1 aliphatic carbocycles. The smallest absolute Gasteiger partial charge is 0.251 e. The standard InChI is InChI=1S/C30H33N3O3/c31-26-13-8-7-12-25(26)20-32-28(34)19-24-11-5-2-6-14-27(29(24)35)33-30(36)23-17-15-22(16-18-23)21-9-3-1-4-10-21/h1,3-4,7-10,12-13,15-18,24,27H,2,5-6,11,14,19-20,31H2,(H,32,34)(H,33,36). The molecule has 0 aromatic heterocycles. The summed E-state index contributed by atoms with van der Waals surface area (Å²) in [6.45, 7) is 0.325. The first-order chi connectivity index (χ1) is 17.5. The normalized spacial score (nSPS) is 18.1. The van der Waals surface area contributed by atoms with Crippen molar-refractivity contribution in [1.29, 1.82) is 0 Å². The van der Waals surface area contributed by atoms with Gasteiger partial charge in [0.25, 0.3) is 5.91 Å². The van der Waals surface area contributed by atoms with Crippen molar-refractivity contribution in [3.63, 3.8) is 0 Å². The Morgan fingerprint density at radius 1 is 0.806 bits per heavy atom. The van der Waals surface area contributed by atoms with Crippen molar-refractivity contribution in [1.82, 2.24) is 10.6 Å². The van der Waals surface area contributed by atoms with E-state index >= 15 is 0 Å². The number of para-hydroxylation sites is 1. The van der Waals surface area contributed by atoms with Crippen molar-refractivity contribution >= 4 is 23.3 Å². The second-order valence-corrected chi connectivity index (χ2v) is 9.39. The zero-order chi connectivity index (χ0) is 25.3. The van der Waals surface area contributed by atoms with Crippen LogP contribution in [0.4, 0.5) is 5.69 Å². The van der Waals surface area contributed by atoms with Gasteiger partial charge in [-0.1, -0.05) is 79.9 Å². The van der Waals surface area contributed by atoms with Gasteiger partial charge in [0.2, 0.25) is 5.91 Å². The zero-order valence-corrected chi connectivity index (χ0v) is 20.4. The number of carbonyl (C=O) groups excluding carboxylic acids is 3. The lowest BCUT2D eigenvalue weighted by atomic mass is 9.84. The van der Waals surface area contributed by atoms with Crippen LogP contribution in [-0.2, 0) is 16.1 Å². The van der Waals surface area contributed by atoms with E-state index in [4.69, 9.17) is 5.73 Å². The van der Waals surface area contributed by atoms with Gasteiger partial charge in [0.15, 0.2) is 5.78 Å². The summed E-state index contributed by atoms with van der Waals surface area (Å²) < 4.78 is 0. The Kier molecular flexibility index (Phi) is 8.50. The van der Waals surface area contributed by atoms with Gasteiger partial charge in [-0.25, -0.2) is 0 Å². The number of anilines is 1. The maximum absolute atomic E-state index is 13.4. The number of benzene rings is 3. The summed E-state index contributed by atoms with van der Waals surface area (Å²) >= 11 is 0. The number of carbonyl (C=O) groups is 3. The summed E-state index contributed by atoms with van der Waals surface area (Å²) in [6.07, 6.45) is 4.10. The van der Waals surface area contributed by atoms with Crippen LogP contribution in [-0.4, -0.2) is 23.6 Å². The minimum absolute atomic E-state index is 0.0571. The molecule has 2 atom stereocenters. The minimum Gasteiger partial charge on any atom is -0.398 e. The number of nitrogens with one attached hydrogen (secondary N) is 2. The van der Waals surface area contributed by atoms with Gasteiger partial charge in [-0.3, -0.25) is 14.4 Å². The molecular formula is C30H33N3O3. The molecule has 4 rings (SSSR count). The molecule has 1 fully saturated rings. The van der Waals surface area contributed by atoms with E-state index in [-0.39, 0.29) is 24.0 Å². The van der Waals surface area contributed by atoms with E-state index in [1.807, 2.05) is 60.7 Å². The number of Topliss-reactive ketones (excluding diaryl/α,β-unsaturated/α-hetero) is 1. The molecule has 36 heavy (non-hydrogen) atoms. The lowest BCUT2D eigenvalue weighted by molar-refractivity contribution is -0.130. The quantitative estimate of drug-likeness (QED) is 0.417. The predicted octanol–water partition coefficient (Wildman–Crippen LogP) is 4.89. The van der Waals surface area contributed by atoms with E-state index in [2.05, 4.69) is 10.6 Å². The molecule has 186 valence electrons. The second kappa shape index (κ2) is 12.2. The molecule has 2 amide bonds. The molecule has 6 nitrogen and oxygen atoms in total. The molecule has 1 saturated carbocycles. The molecule has 0 aliphatic heterocycles. The van der Waals surface area contributed by atoms with Crippen molar-refractivity contribution < 1.29 is 14.4 Å². The molecular weight excluding hydrogens is 450 g/mol. The predicted molar refractivity (Wildman–Crippen MR) is 142 cm³/mol. The van der Waals surface area contributed by atoms with E-state index in [9.17, 15) is 14.4 Å². The zero-order valence-electron chi connectivity index (χ0n) is 20.4. The van der Waals surface area contributed by atoms with E-state index in [0.29, 0.717) is 30.6 Å². The first kappa shape index (κ1) is 25.2. The number of hydrogen-bond donors (Lipinski definition) is 3. The Balaban J connectivity index is 1.36. The highest BCUT2D eigenvalue weighted by molar-refractivity contribution is 5.99. The van der Waals surface area contributed by atoms with Crippen molar-refractivity contribution in [3.05, 3.63) is 90.0 Å². The molecule has 2 unspecified atom stereocenters. The van der Waals surface area contributed by atoms with Crippen LogP contribution in [0.3, 0.4) is 0 Å². The summed E-state index contributed by atoms with van der Waals surface area (Å²) in [6, 6.07) is 24.1. The Hall–Kier alpha value is -3.93. The van der Waals surface area contributed by atoms with Crippen molar-refractivity contribution in [2.45, 2.75) is 51.1 Å². The summed E-state index contributed by atoms with van der Waals surface area (Å²) in [4.78, 5) is 39.0. The molecule has 0 spiro atoms. The number of nitrogens with two attached hydrogens (primary N) is 1. The van der Waals surface area contributed by atoms with Gasteiger partial charge in [0, 0.05) is 30.1 Å². The lowest BCUT2D eigenvalue weighted by Gasteiger charge is -2.26. The van der Waals surface area contributed by atoms with Gasteiger partial charge in [-0.2, -0.15) is 0 Å². The van der Waals surface area contributed by atoms with Crippen LogP contribution in [0, 0.1) is 5.92 Å². The van der Waals surface area contributed by atoms with E-state index in [1.54, 1.807) is 18.2 Å². The molecule has 0 radical (unpaired) electrons. The average Bonchev–Trinajstić information content (AvgIpc) is 2.90. The average molecular weight is 484 g/mol. The third-order valence-corrected chi connectivity index (χ3v) is 6.81. The Morgan fingerprint density at radius 3 is 2.22 bits per heavy atom. The Labute approximate surface area is 212 Å². The molecule has 3 aromatic rings. The molecule has 3 aromatic carbocycles. The maximum atomic E-state index is 13.4. The van der Waals surface area contributed by atoms with Crippen LogP contribution in [0.5, 0.6) is 0 Å². The SMILES string of the molecule is Nc1ccccc1CNC(=O)CC1CCCCCC(NC(=O)c2ccc(-c3ccccc3)cc2)C1=O. The van der Waals surface area contributed by atoms with E-state index < -0.39 is 12.0 Å². The van der Waals surface area contributed by atoms with Gasteiger partial charge in [0.05, 0.1) is 6.04 Å². The van der Waals surface area contributed by atoms with Crippen LogP contribution >= 0.6 is 0 Å². The van der Waals surface area contributed by atoms with Crippen LogP contribution in [0.15, 0.2) is 78.9 Å². The highest BCUT2D eigenvalue weighted by atomic mass is 16.2. The topological polar surface area (TPSA) is 101 Å². The Morgan fingerprint density at radius 2 is 1.47 bits per heavy atom. The monoisotopic (exact) mass is 483 g/mol. The molecule has 0 bridgehead atoms. The number of amides is 2. The van der Waals surface area contributed by atoms with Gasteiger partial charge in [0.1, 0.15) is 0 Å². The Bertz CT molecular complexity index is 1190. The third-order valence-electron chi connectivity index (χ3n) is 6.81. The van der Waals surface area contributed by atoms with Crippen LogP contribution < -0.4 is 16.4 Å². The van der Waals surface area contributed by atoms with Crippen molar-refractivity contribution in [3.8, 4) is 11.1 Å². The summed E-state index contributed by atoms with van der Waals surface area (Å²) in [5.41, 5.74) is 10.0. The third kappa shape index (κ3) is 6.60. The summed E-state index contributed by atoms with van der Waals surface area (Å²) in [5, 5.41) is 5.83. The number of nitrogen functional groups attached to an aromatic ring is 1. The lowest BCUT2D eigenvalue weighted by Crippen LogP contribution is -2.45. The molecule has 4 N–H and O–H groups in total. The van der Waals surface area contributed by atoms with Crippen molar-refractivity contribution in [2.75, 3.05) is 5.73 Å². The summed E-state index contributed by atoms with van der Waals surface area (Å²) in [5.74, 6) is -0.919. The first-order valence-corrected chi connectivity index (χ1v) is 12.6. The van der Waals surface area contributed by atoms with Crippen molar-refractivity contribution in [2.24, 2.45) is 5.92 Å². The number of ketones is 1. The highest BCUT2D eigenvalue weighted by Gasteiger charge is 2.31. The molecule has 0 heterocycles. The number of hydrogen-bond acceptors (Lipinski definition) is 4. The van der Waals surface area contributed by atoms with E-state index in [0.717, 1.165) is 36.0 Å². The fraction of sp³-hybridized carbons (Fsp3) is 0.300. The number of rotatable bonds is 7. The van der Waals surface area contributed by atoms with Gasteiger partial charge in [-0.05, 0) is 47.7 Å². The van der Waals surface area contributed by atoms with Gasteiger partial charge in [-0.15, -0.1) is 0 Å². The fourth-order valence-corrected chi connectivity index (χ4v) is 4.70. The second-order valence-electron chi connectivity index (χ2n) is 9.39. The minimum atomic E-state index is -0.589. The first-order valence-electron chi connectivity index (χ1n) is 12.6. The van der Waals surface area contributed by atoms with E-state index in [1.165, 1.54) is 0 Å². The molecule has 0 saturated heterocycles. The van der Waals surface area contributed by atoms with Crippen LogP contribution in [0.25, 0.3) is 11.1 Å². The highest BCUT2D eigenvalue weighted by Crippen LogP contribution is 2.24. The summed E-state index contributed by atoms with van der Waals surface area (Å²) in [7, 11) is 0. The van der Waals surface area contributed by atoms with Crippen LogP contribution in [0.1, 0.15) is 54.4 Å². The van der Waals surface area contributed by atoms with Gasteiger partial charge >= 0.3 is 0 Å². The maximum Gasteiger partial charge on any atom is 0.251 e. The largest absolute Gasteiger partial charge is 0.398 e. The molecule has 1 aliphatic rings. The fourth-order valence-electron chi connectivity index (χ4n) is 4.70. The van der Waals surface area contributed by atoms with Gasteiger partial charge < -0.3 is 16.4 Å². The molecule has 6 heteroatoms.